The number of anilines is 1. The number of amides is 1. The van der Waals surface area contributed by atoms with Crippen molar-refractivity contribution in [2.24, 2.45) is 0 Å². The highest BCUT2D eigenvalue weighted by Crippen LogP contribution is 2.29. The summed E-state index contributed by atoms with van der Waals surface area (Å²) in [5.74, 6) is 0.682. The average Bonchev–Trinajstić information content (AvgIpc) is 3.42. The minimum absolute atomic E-state index is 0.0397. The van der Waals surface area contributed by atoms with Gasteiger partial charge in [-0.15, -0.1) is 0 Å². The van der Waals surface area contributed by atoms with Crippen LogP contribution in [-0.4, -0.2) is 48.5 Å². The molecule has 11 heteroatoms. The number of hydrogen-bond acceptors (Lipinski definition) is 9. The van der Waals surface area contributed by atoms with Gasteiger partial charge in [0.15, 0.2) is 5.16 Å². The number of aromatic nitrogens is 2. The molecule has 1 amide bonds. The first-order chi connectivity index (χ1) is 17.4. The summed E-state index contributed by atoms with van der Waals surface area (Å²) in [6.07, 6.45) is 1.51. The van der Waals surface area contributed by atoms with E-state index in [0.29, 0.717) is 39.0 Å². The fourth-order valence-corrected chi connectivity index (χ4v) is 4.27. The number of methoxy groups -OCH3 is 3. The normalized spacial score (nSPS) is 10.8. The second kappa shape index (κ2) is 11.0. The second-order valence-electron chi connectivity index (χ2n) is 7.49. The summed E-state index contributed by atoms with van der Waals surface area (Å²) in [6, 6.07) is 13.0. The summed E-state index contributed by atoms with van der Waals surface area (Å²) in [6.45, 7) is 0.129. The lowest BCUT2D eigenvalue weighted by Gasteiger charge is -2.14. The predicted octanol–water partition coefficient (Wildman–Crippen LogP) is 3.57. The minimum atomic E-state index is -0.541. The summed E-state index contributed by atoms with van der Waals surface area (Å²) < 4.78 is 22.1. The Kier molecular flexibility index (Phi) is 7.59. The van der Waals surface area contributed by atoms with E-state index in [4.69, 9.17) is 18.6 Å². The third-order valence-electron chi connectivity index (χ3n) is 5.25. The van der Waals surface area contributed by atoms with Gasteiger partial charge in [0.25, 0.3) is 5.56 Å². The van der Waals surface area contributed by atoms with Crippen LogP contribution >= 0.6 is 11.8 Å². The lowest BCUT2D eigenvalue weighted by Crippen LogP contribution is -2.25. The summed E-state index contributed by atoms with van der Waals surface area (Å²) >= 11 is 1.08. The summed E-state index contributed by atoms with van der Waals surface area (Å²) in [7, 11) is 4.31. The second-order valence-corrected chi connectivity index (χ2v) is 8.43. The molecule has 2 heterocycles. The molecule has 186 valence electrons. The molecule has 1 N–H and O–H groups in total. The van der Waals surface area contributed by atoms with Gasteiger partial charge in [-0.05, 0) is 42.5 Å². The Morgan fingerprint density at radius 3 is 2.61 bits per heavy atom. The maximum Gasteiger partial charge on any atom is 0.337 e. The van der Waals surface area contributed by atoms with Crippen LogP contribution in [0.5, 0.6) is 11.5 Å². The number of ether oxygens (including phenoxy) is 3. The van der Waals surface area contributed by atoms with E-state index in [1.165, 1.54) is 50.4 Å². The molecule has 4 rings (SSSR count). The van der Waals surface area contributed by atoms with E-state index in [0.717, 1.165) is 11.8 Å². The Hall–Kier alpha value is -4.25. The Bertz CT molecular complexity index is 1460. The predicted molar refractivity (Wildman–Crippen MR) is 134 cm³/mol. The van der Waals surface area contributed by atoms with Crippen molar-refractivity contribution >= 4 is 40.2 Å². The van der Waals surface area contributed by atoms with Gasteiger partial charge in [0.05, 0.1) is 62.0 Å². The molecule has 2 aromatic carbocycles. The molecular weight excluding hydrogens is 486 g/mol. The van der Waals surface area contributed by atoms with Gasteiger partial charge in [-0.25, -0.2) is 9.78 Å². The third kappa shape index (κ3) is 5.36. The van der Waals surface area contributed by atoms with Gasteiger partial charge in [-0.3, -0.25) is 14.2 Å². The maximum atomic E-state index is 13.3. The number of nitrogens with one attached hydrogen (secondary N) is 1. The molecule has 0 bridgehead atoms. The molecule has 36 heavy (non-hydrogen) atoms. The van der Waals surface area contributed by atoms with Gasteiger partial charge in [-0.2, -0.15) is 0 Å². The molecule has 0 radical (unpaired) electrons. The molecule has 0 saturated heterocycles. The lowest BCUT2D eigenvalue weighted by molar-refractivity contribution is -0.113. The van der Waals surface area contributed by atoms with Crippen LogP contribution in [0.4, 0.5) is 5.69 Å². The number of furan rings is 1. The fourth-order valence-electron chi connectivity index (χ4n) is 3.47. The van der Waals surface area contributed by atoms with E-state index in [9.17, 15) is 14.4 Å². The summed E-state index contributed by atoms with van der Waals surface area (Å²) in [4.78, 5) is 42.6. The van der Waals surface area contributed by atoms with Crippen LogP contribution in [0.1, 0.15) is 16.1 Å². The highest BCUT2D eigenvalue weighted by atomic mass is 32.2. The highest BCUT2D eigenvalue weighted by Gasteiger charge is 2.17. The smallest absolute Gasteiger partial charge is 0.337 e. The molecule has 10 nitrogen and oxygen atoms in total. The average molecular weight is 510 g/mol. The van der Waals surface area contributed by atoms with Crippen LogP contribution in [0.25, 0.3) is 10.9 Å². The SMILES string of the molecule is COC(=O)c1ccc2c(=O)n(Cc3ccco3)c(SCC(=O)Nc3ccc(OC)cc3OC)nc2c1. The molecule has 0 aliphatic rings. The van der Waals surface area contributed by atoms with E-state index >= 15 is 0 Å². The number of carbonyl (C=O) groups excluding carboxylic acids is 2. The molecule has 0 fully saturated rings. The molecule has 0 aliphatic heterocycles. The number of thioether (sulfide) groups is 1. The topological polar surface area (TPSA) is 122 Å². The van der Waals surface area contributed by atoms with Crippen molar-refractivity contribution in [2.75, 3.05) is 32.4 Å². The first kappa shape index (κ1) is 24.9. The van der Waals surface area contributed by atoms with Crippen LogP contribution in [0.3, 0.4) is 0 Å². The van der Waals surface area contributed by atoms with E-state index in [2.05, 4.69) is 10.3 Å². The van der Waals surface area contributed by atoms with Crippen LogP contribution in [0.2, 0.25) is 0 Å². The molecule has 0 atom stereocenters. The number of carbonyl (C=O) groups is 2. The van der Waals surface area contributed by atoms with E-state index < -0.39 is 5.97 Å². The van der Waals surface area contributed by atoms with Crippen molar-refractivity contribution in [1.82, 2.24) is 9.55 Å². The molecule has 0 spiro atoms. The van der Waals surface area contributed by atoms with Crippen molar-refractivity contribution in [2.45, 2.75) is 11.7 Å². The van der Waals surface area contributed by atoms with Gasteiger partial charge in [0, 0.05) is 6.07 Å². The van der Waals surface area contributed by atoms with Crippen molar-refractivity contribution in [3.05, 3.63) is 76.5 Å². The number of esters is 1. The Morgan fingerprint density at radius 2 is 1.92 bits per heavy atom. The minimum Gasteiger partial charge on any atom is -0.497 e. The zero-order valence-corrected chi connectivity index (χ0v) is 20.6. The number of fused-ring (bicyclic) bond motifs is 1. The lowest BCUT2D eigenvalue weighted by atomic mass is 10.1. The van der Waals surface area contributed by atoms with E-state index in [1.807, 2.05) is 0 Å². The van der Waals surface area contributed by atoms with Crippen LogP contribution < -0.4 is 20.3 Å². The Morgan fingerprint density at radius 1 is 1.08 bits per heavy atom. The van der Waals surface area contributed by atoms with E-state index in [-0.39, 0.29) is 29.3 Å². The number of nitrogens with zero attached hydrogens (tertiary/aromatic N) is 2. The van der Waals surface area contributed by atoms with Gasteiger partial charge >= 0.3 is 5.97 Å². The number of rotatable bonds is 9. The van der Waals surface area contributed by atoms with Crippen molar-refractivity contribution < 1.29 is 28.2 Å². The first-order valence-corrected chi connectivity index (χ1v) is 11.7. The van der Waals surface area contributed by atoms with Gasteiger partial charge in [0.2, 0.25) is 5.91 Å². The first-order valence-electron chi connectivity index (χ1n) is 10.7. The van der Waals surface area contributed by atoms with Crippen LogP contribution in [0.15, 0.2) is 69.2 Å². The number of benzene rings is 2. The van der Waals surface area contributed by atoms with Gasteiger partial charge in [0.1, 0.15) is 17.3 Å². The summed E-state index contributed by atoms with van der Waals surface area (Å²) in [5.41, 5.74) is 0.734. The van der Waals surface area contributed by atoms with Gasteiger partial charge in [-0.1, -0.05) is 11.8 Å². The fraction of sp³-hybridized carbons (Fsp3) is 0.200. The zero-order valence-electron chi connectivity index (χ0n) is 19.8. The molecular formula is C25H23N3O7S. The van der Waals surface area contributed by atoms with Crippen molar-refractivity contribution in [3.63, 3.8) is 0 Å². The summed E-state index contributed by atoms with van der Waals surface area (Å²) in [5, 5.41) is 3.42. The molecule has 0 unspecified atom stereocenters. The quantitative estimate of drug-likeness (QED) is 0.205. The highest BCUT2D eigenvalue weighted by molar-refractivity contribution is 7.99. The Balaban J connectivity index is 1.63. The third-order valence-corrected chi connectivity index (χ3v) is 6.23. The number of hydrogen-bond donors (Lipinski definition) is 1. The largest absolute Gasteiger partial charge is 0.497 e. The standard InChI is InChI=1S/C25H23N3O7S/c1-32-16-7-9-19(21(12-16)33-2)26-22(29)14-36-25-27-20-11-15(24(31)34-3)6-8-18(20)23(30)28(25)13-17-5-4-10-35-17/h4-12H,13-14H2,1-3H3,(H,26,29). The van der Waals surface area contributed by atoms with E-state index in [1.54, 1.807) is 30.3 Å². The van der Waals surface area contributed by atoms with Crippen molar-refractivity contribution in [3.8, 4) is 11.5 Å². The maximum absolute atomic E-state index is 13.3. The molecule has 2 aromatic heterocycles. The molecule has 0 aliphatic carbocycles. The molecule has 4 aromatic rings. The monoisotopic (exact) mass is 509 g/mol. The van der Waals surface area contributed by atoms with Gasteiger partial charge < -0.3 is 23.9 Å². The Labute approximate surface area is 210 Å². The van der Waals surface area contributed by atoms with Crippen molar-refractivity contribution in [1.29, 1.82) is 0 Å². The zero-order chi connectivity index (χ0) is 25.7. The van der Waals surface area contributed by atoms with Crippen LogP contribution in [-0.2, 0) is 16.1 Å². The van der Waals surface area contributed by atoms with Crippen LogP contribution in [0, 0.1) is 0 Å². The molecule has 0 saturated carbocycles.